The van der Waals surface area contributed by atoms with Crippen molar-refractivity contribution in [3.8, 4) is 0 Å². The van der Waals surface area contributed by atoms with E-state index in [0.717, 1.165) is 5.56 Å². The molecule has 0 aliphatic heterocycles. The number of aliphatic hydroxyl groups is 1. The van der Waals surface area contributed by atoms with E-state index in [0.29, 0.717) is 10.6 Å². The number of halogens is 1. The first kappa shape index (κ1) is 22.2. The molecule has 2 rings (SSSR count). The molecule has 0 aromatic heterocycles. The van der Waals surface area contributed by atoms with Crippen molar-refractivity contribution in [2.24, 2.45) is 0 Å². The number of aliphatic hydroxyl groups excluding tert-OH is 1. The van der Waals surface area contributed by atoms with E-state index in [4.69, 9.17) is 16.3 Å². The second-order valence-corrected chi connectivity index (χ2v) is 6.54. The molecule has 0 aliphatic rings. The van der Waals surface area contributed by atoms with Crippen LogP contribution in [0.3, 0.4) is 0 Å². The van der Waals surface area contributed by atoms with Gasteiger partial charge in [-0.2, -0.15) is 0 Å². The fourth-order valence-electron chi connectivity index (χ4n) is 2.46. The van der Waals surface area contributed by atoms with Crippen molar-refractivity contribution in [1.29, 1.82) is 0 Å². The Hall–Kier alpha value is -3.10. The molecule has 0 heterocycles. The van der Waals surface area contributed by atoms with Crippen LogP contribution in [0.15, 0.2) is 54.6 Å². The average molecular weight is 421 g/mol. The lowest BCUT2D eigenvalue weighted by Crippen LogP contribution is -2.53. The molecule has 4 N–H and O–H groups in total. The fraction of sp³-hybridized carbons (Fsp3) is 0.250. The number of alkyl carbamates (subject to hydrolysis) is 1. The van der Waals surface area contributed by atoms with Gasteiger partial charge in [0.25, 0.3) is 0 Å². The van der Waals surface area contributed by atoms with Crippen LogP contribution in [0.2, 0.25) is 5.02 Å². The largest absolute Gasteiger partial charge is 0.480 e. The molecule has 154 valence electrons. The summed E-state index contributed by atoms with van der Waals surface area (Å²) in [6.07, 6.45) is -0.974. The number of amides is 2. The number of ether oxygens (including phenoxy) is 1. The first-order valence-electron chi connectivity index (χ1n) is 8.75. The third-order valence-corrected chi connectivity index (χ3v) is 4.37. The van der Waals surface area contributed by atoms with E-state index >= 15 is 0 Å². The Kier molecular flexibility index (Phi) is 8.45. The van der Waals surface area contributed by atoms with E-state index in [9.17, 15) is 24.6 Å². The minimum Gasteiger partial charge on any atom is -0.480 e. The quantitative estimate of drug-likeness (QED) is 0.489. The zero-order valence-electron chi connectivity index (χ0n) is 15.4. The number of nitrogens with one attached hydrogen (secondary N) is 2. The zero-order valence-corrected chi connectivity index (χ0v) is 16.1. The van der Waals surface area contributed by atoms with E-state index < -0.39 is 36.7 Å². The number of rotatable bonds is 9. The van der Waals surface area contributed by atoms with Gasteiger partial charge in [0.2, 0.25) is 5.91 Å². The SMILES string of the molecule is O=C(N[C@@H](CO)C(=O)N[C@H](Cc1ccccc1Cl)C(=O)O)OCc1ccccc1. The summed E-state index contributed by atoms with van der Waals surface area (Å²) in [5, 5.41) is 23.7. The van der Waals surface area contributed by atoms with Crippen molar-refractivity contribution in [2.45, 2.75) is 25.1 Å². The van der Waals surface area contributed by atoms with Crippen LogP contribution in [0.5, 0.6) is 0 Å². The van der Waals surface area contributed by atoms with Gasteiger partial charge in [-0.1, -0.05) is 60.1 Å². The van der Waals surface area contributed by atoms with E-state index in [1.165, 1.54) is 0 Å². The van der Waals surface area contributed by atoms with Crippen LogP contribution in [0.25, 0.3) is 0 Å². The molecular weight excluding hydrogens is 400 g/mol. The Labute approximate surface area is 172 Å². The molecule has 2 atom stereocenters. The molecule has 2 amide bonds. The normalized spacial score (nSPS) is 12.5. The third kappa shape index (κ3) is 7.10. The number of carboxylic acids is 1. The average Bonchev–Trinajstić information content (AvgIpc) is 2.72. The van der Waals surface area contributed by atoms with Gasteiger partial charge >= 0.3 is 12.1 Å². The van der Waals surface area contributed by atoms with Crippen molar-refractivity contribution >= 4 is 29.6 Å². The summed E-state index contributed by atoms with van der Waals surface area (Å²) in [7, 11) is 0. The maximum atomic E-state index is 12.3. The van der Waals surface area contributed by atoms with Gasteiger partial charge < -0.3 is 25.6 Å². The number of carbonyl (C=O) groups excluding carboxylic acids is 2. The molecule has 0 bridgehead atoms. The standard InChI is InChI=1S/C20H21ClN2O6/c21-15-9-5-4-8-14(15)10-16(19(26)27)22-18(25)17(11-24)23-20(28)29-12-13-6-2-1-3-7-13/h1-9,16-17,24H,10-12H2,(H,22,25)(H,23,28)(H,26,27)/t16-,17+/m1/s1. The van der Waals surface area contributed by atoms with E-state index in [1.54, 1.807) is 48.5 Å². The van der Waals surface area contributed by atoms with Crippen LogP contribution in [0.4, 0.5) is 4.79 Å². The molecule has 0 fully saturated rings. The lowest BCUT2D eigenvalue weighted by molar-refractivity contribution is -0.142. The molecule has 0 radical (unpaired) electrons. The number of carbonyl (C=O) groups is 3. The third-order valence-electron chi connectivity index (χ3n) is 4.00. The Morgan fingerprint density at radius 1 is 0.966 bits per heavy atom. The summed E-state index contributed by atoms with van der Waals surface area (Å²) in [6.45, 7) is -0.749. The highest BCUT2D eigenvalue weighted by Crippen LogP contribution is 2.16. The number of hydrogen-bond donors (Lipinski definition) is 4. The summed E-state index contributed by atoms with van der Waals surface area (Å²) in [5.74, 6) is -2.13. The molecule has 29 heavy (non-hydrogen) atoms. The maximum absolute atomic E-state index is 12.3. The van der Waals surface area contributed by atoms with Gasteiger partial charge in [0.1, 0.15) is 18.7 Å². The van der Waals surface area contributed by atoms with Crippen molar-refractivity contribution in [2.75, 3.05) is 6.61 Å². The van der Waals surface area contributed by atoms with E-state index in [1.807, 2.05) is 6.07 Å². The van der Waals surface area contributed by atoms with Crippen LogP contribution in [0, 0.1) is 0 Å². The summed E-state index contributed by atoms with van der Waals surface area (Å²) < 4.78 is 5.00. The molecular formula is C20H21ClN2O6. The van der Waals surface area contributed by atoms with Gasteiger partial charge in [-0.3, -0.25) is 4.79 Å². The Morgan fingerprint density at radius 3 is 2.24 bits per heavy atom. The number of benzene rings is 2. The summed E-state index contributed by atoms with van der Waals surface area (Å²) in [5.41, 5.74) is 1.29. The van der Waals surface area contributed by atoms with Crippen molar-refractivity contribution in [1.82, 2.24) is 10.6 Å². The Morgan fingerprint density at radius 2 is 1.62 bits per heavy atom. The van der Waals surface area contributed by atoms with Crippen molar-refractivity contribution < 1.29 is 29.3 Å². The first-order valence-corrected chi connectivity index (χ1v) is 9.13. The van der Waals surface area contributed by atoms with E-state index in [2.05, 4.69) is 10.6 Å². The summed E-state index contributed by atoms with van der Waals surface area (Å²) in [6, 6.07) is 12.9. The second-order valence-electron chi connectivity index (χ2n) is 6.14. The predicted molar refractivity (Wildman–Crippen MR) is 105 cm³/mol. The van der Waals surface area contributed by atoms with Crippen molar-refractivity contribution in [3.63, 3.8) is 0 Å². The van der Waals surface area contributed by atoms with Crippen LogP contribution in [-0.2, 0) is 27.4 Å². The predicted octanol–water partition coefficient (Wildman–Crippen LogP) is 1.74. The smallest absolute Gasteiger partial charge is 0.408 e. The number of hydrogen-bond acceptors (Lipinski definition) is 5. The second kappa shape index (κ2) is 11.0. The Bertz CT molecular complexity index is 846. The minimum absolute atomic E-state index is 0.0172. The van der Waals surface area contributed by atoms with Gasteiger partial charge in [-0.25, -0.2) is 9.59 Å². The van der Waals surface area contributed by atoms with Crippen LogP contribution in [0.1, 0.15) is 11.1 Å². The van der Waals surface area contributed by atoms with Gasteiger partial charge in [0, 0.05) is 11.4 Å². The highest BCUT2D eigenvalue weighted by molar-refractivity contribution is 6.31. The monoisotopic (exact) mass is 420 g/mol. The highest BCUT2D eigenvalue weighted by Gasteiger charge is 2.27. The molecule has 0 spiro atoms. The highest BCUT2D eigenvalue weighted by atomic mass is 35.5. The molecule has 0 saturated heterocycles. The van der Waals surface area contributed by atoms with Gasteiger partial charge in [0.05, 0.1) is 6.61 Å². The summed E-state index contributed by atoms with van der Waals surface area (Å²) in [4.78, 5) is 35.7. The lowest BCUT2D eigenvalue weighted by atomic mass is 10.1. The zero-order chi connectivity index (χ0) is 21.2. The molecule has 0 aliphatic carbocycles. The Balaban J connectivity index is 1.93. The molecule has 2 aromatic rings. The van der Waals surface area contributed by atoms with Crippen molar-refractivity contribution in [3.05, 3.63) is 70.7 Å². The molecule has 0 unspecified atom stereocenters. The molecule has 2 aromatic carbocycles. The minimum atomic E-state index is -1.37. The number of aliphatic carboxylic acids is 1. The van der Waals surface area contributed by atoms with Crippen LogP contribution in [-0.4, -0.2) is 46.9 Å². The van der Waals surface area contributed by atoms with Crippen LogP contribution >= 0.6 is 11.6 Å². The van der Waals surface area contributed by atoms with Gasteiger partial charge in [-0.05, 0) is 17.2 Å². The topological polar surface area (TPSA) is 125 Å². The molecule has 0 saturated carbocycles. The number of carboxylic acid groups (broad SMARTS) is 1. The lowest BCUT2D eigenvalue weighted by Gasteiger charge is -2.20. The summed E-state index contributed by atoms with van der Waals surface area (Å²) >= 11 is 6.03. The molecule has 8 nitrogen and oxygen atoms in total. The van der Waals surface area contributed by atoms with E-state index in [-0.39, 0.29) is 13.0 Å². The van der Waals surface area contributed by atoms with Gasteiger partial charge in [0.15, 0.2) is 0 Å². The first-order chi connectivity index (χ1) is 13.9. The molecule has 9 heteroatoms. The maximum Gasteiger partial charge on any atom is 0.408 e. The van der Waals surface area contributed by atoms with Gasteiger partial charge in [-0.15, -0.1) is 0 Å². The van der Waals surface area contributed by atoms with Crippen LogP contribution < -0.4 is 10.6 Å². The fourth-order valence-corrected chi connectivity index (χ4v) is 2.67.